The number of benzene rings is 2. The second-order valence-corrected chi connectivity index (χ2v) is 8.86. The number of hydrogen-bond donors (Lipinski definition) is 1. The minimum absolute atomic E-state index is 0.277. The summed E-state index contributed by atoms with van der Waals surface area (Å²) in [6.45, 7) is 10.7. The van der Waals surface area contributed by atoms with Crippen molar-refractivity contribution in [3.8, 4) is 0 Å². The Bertz CT molecular complexity index is 1120. The zero-order valence-electron chi connectivity index (χ0n) is 17.8. The van der Waals surface area contributed by atoms with E-state index in [1.165, 1.54) is 11.8 Å². The number of nitrogens with zero attached hydrogens (tertiary/aromatic N) is 1. The van der Waals surface area contributed by atoms with Crippen molar-refractivity contribution in [1.82, 2.24) is 9.55 Å². The highest BCUT2D eigenvalue weighted by atomic mass is 32.2. The van der Waals surface area contributed by atoms with Gasteiger partial charge in [0.05, 0.1) is 11.6 Å². The Balaban J connectivity index is 2.17. The Morgan fingerprint density at radius 2 is 1.41 bits per heavy atom. The summed E-state index contributed by atoms with van der Waals surface area (Å²) < 4.78 is 1.71. The molecule has 0 fully saturated rings. The maximum Gasteiger partial charge on any atom is 0.329 e. The highest BCUT2D eigenvalue weighted by molar-refractivity contribution is 7.99. The zero-order valence-corrected chi connectivity index (χ0v) is 18.6. The largest absolute Gasteiger partial charge is 0.329 e. The highest BCUT2D eigenvalue weighted by Gasteiger charge is 2.17. The first-order chi connectivity index (χ1) is 13.8. The molecule has 0 aliphatic heterocycles. The number of H-pyrrole nitrogens is 1. The third-order valence-corrected chi connectivity index (χ3v) is 5.91. The van der Waals surface area contributed by atoms with E-state index in [4.69, 9.17) is 0 Å². The predicted molar refractivity (Wildman–Crippen MR) is 120 cm³/mol. The van der Waals surface area contributed by atoms with Gasteiger partial charge in [0.1, 0.15) is 0 Å². The fraction of sp³-hybridized carbons (Fsp3) is 0.333. The predicted octanol–water partition coefficient (Wildman–Crippen LogP) is 4.92. The molecule has 2 aromatic carbocycles. The number of aromatic amines is 1. The second kappa shape index (κ2) is 8.87. The molecule has 1 heterocycles. The molecule has 0 saturated carbocycles. The minimum atomic E-state index is -0.360. The molecule has 1 aromatic heterocycles. The minimum Gasteiger partial charge on any atom is -0.283 e. The summed E-state index contributed by atoms with van der Waals surface area (Å²) in [6, 6.07) is 12.6. The van der Waals surface area contributed by atoms with Crippen molar-refractivity contribution in [3.05, 3.63) is 90.6 Å². The van der Waals surface area contributed by atoms with Crippen LogP contribution in [0.25, 0.3) is 0 Å². The third-order valence-electron chi connectivity index (χ3n) is 4.77. The molecule has 0 atom stereocenters. The van der Waals surface area contributed by atoms with E-state index in [1.54, 1.807) is 4.57 Å². The van der Waals surface area contributed by atoms with Crippen LogP contribution in [0.4, 0.5) is 0 Å². The molecular formula is C24H28N2O2S. The average molecular weight is 409 g/mol. The van der Waals surface area contributed by atoms with Gasteiger partial charge in [0.2, 0.25) is 0 Å². The first-order valence-electron chi connectivity index (χ1n) is 9.96. The van der Waals surface area contributed by atoms with Crippen molar-refractivity contribution < 1.29 is 0 Å². The fourth-order valence-corrected chi connectivity index (χ4v) is 5.06. The van der Waals surface area contributed by atoms with Gasteiger partial charge in [-0.2, -0.15) is 0 Å². The number of hydrogen-bond acceptors (Lipinski definition) is 3. The van der Waals surface area contributed by atoms with E-state index < -0.39 is 0 Å². The van der Waals surface area contributed by atoms with Gasteiger partial charge in [-0.05, 0) is 62.9 Å². The summed E-state index contributed by atoms with van der Waals surface area (Å²) in [5, 5.41) is 0.741. The van der Waals surface area contributed by atoms with Crippen LogP contribution in [0.2, 0.25) is 0 Å². The maximum atomic E-state index is 12.8. The van der Waals surface area contributed by atoms with Crippen LogP contribution in [0.1, 0.15) is 46.7 Å². The summed E-state index contributed by atoms with van der Waals surface area (Å²) in [4.78, 5) is 29.0. The molecule has 4 nitrogen and oxygen atoms in total. The lowest BCUT2D eigenvalue weighted by atomic mass is 10.1. The van der Waals surface area contributed by atoms with Crippen LogP contribution in [-0.2, 0) is 13.0 Å². The van der Waals surface area contributed by atoms with Crippen LogP contribution in [-0.4, -0.2) is 9.55 Å². The zero-order chi connectivity index (χ0) is 21.1. The van der Waals surface area contributed by atoms with Crippen LogP contribution >= 0.6 is 11.8 Å². The Kier molecular flexibility index (Phi) is 6.48. The molecule has 3 rings (SSSR count). The number of aryl methyl sites for hydroxylation is 4. The van der Waals surface area contributed by atoms with Crippen molar-refractivity contribution >= 4 is 11.8 Å². The molecule has 0 bridgehead atoms. The molecule has 29 heavy (non-hydrogen) atoms. The van der Waals surface area contributed by atoms with Crippen molar-refractivity contribution in [2.75, 3.05) is 0 Å². The Hall–Kier alpha value is -2.53. The van der Waals surface area contributed by atoms with Crippen LogP contribution in [0.15, 0.2) is 55.9 Å². The Morgan fingerprint density at radius 3 is 1.97 bits per heavy atom. The van der Waals surface area contributed by atoms with Crippen molar-refractivity contribution in [2.24, 2.45) is 0 Å². The van der Waals surface area contributed by atoms with Gasteiger partial charge in [-0.3, -0.25) is 14.3 Å². The molecule has 0 aliphatic carbocycles. The van der Waals surface area contributed by atoms with Gasteiger partial charge in [-0.15, -0.1) is 0 Å². The Labute approximate surface area is 176 Å². The van der Waals surface area contributed by atoms with E-state index in [0.29, 0.717) is 18.5 Å². The fourth-order valence-electron chi connectivity index (χ4n) is 3.77. The van der Waals surface area contributed by atoms with Gasteiger partial charge in [-0.25, -0.2) is 4.79 Å². The summed E-state index contributed by atoms with van der Waals surface area (Å²) >= 11 is 1.51. The van der Waals surface area contributed by atoms with E-state index in [2.05, 4.69) is 69.1 Å². The van der Waals surface area contributed by atoms with Gasteiger partial charge < -0.3 is 0 Å². The molecule has 0 radical (unpaired) electrons. The molecule has 1 N–H and O–H groups in total. The lowest BCUT2D eigenvalue weighted by molar-refractivity contribution is 0.628. The first kappa shape index (κ1) is 21.2. The van der Waals surface area contributed by atoms with E-state index in [-0.39, 0.29) is 11.2 Å². The summed E-state index contributed by atoms with van der Waals surface area (Å²) in [6.07, 6.45) is 1.47. The molecule has 0 saturated heterocycles. The van der Waals surface area contributed by atoms with Crippen LogP contribution in [0.3, 0.4) is 0 Å². The lowest BCUT2D eigenvalue weighted by Crippen LogP contribution is -2.34. The van der Waals surface area contributed by atoms with Crippen molar-refractivity contribution in [2.45, 2.75) is 63.9 Å². The summed E-state index contributed by atoms with van der Waals surface area (Å²) in [5.74, 6) is 0. The van der Waals surface area contributed by atoms with Crippen molar-refractivity contribution in [3.63, 3.8) is 0 Å². The first-order valence-corrected chi connectivity index (χ1v) is 10.8. The second-order valence-electron chi connectivity index (χ2n) is 7.80. The van der Waals surface area contributed by atoms with Crippen LogP contribution < -0.4 is 11.2 Å². The molecular weight excluding hydrogens is 380 g/mol. The topological polar surface area (TPSA) is 54.9 Å². The summed E-state index contributed by atoms with van der Waals surface area (Å²) in [7, 11) is 0. The normalized spacial score (nSPS) is 11.1. The molecule has 0 aliphatic rings. The van der Waals surface area contributed by atoms with Crippen molar-refractivity contribution in [1.29, 1.82) is 0 Å². The van der Waals surface area contributed by atoms with E-state index in [1.807, 2.05) is 6.92 Å². The molecule has 152 valence electrons. The van der Waals surface area contributed by atoms with Gasteiger partial charge in [0.15, 0.2) is 0 Å². The highest BCUT2D eigenvalue weighted by Crippen LogP contribution is 2.31. The molecule has 0 amide bonds. The standard InChI is InChI=1S/C24H28N2O2S/c1-6-7-21-22(27)25-24(28)26(14-19-10-15(2)8-16(3)11-19)23(21)29-20-12-17(4)9-18(5)13-20/h8-13H,6-7,14H2,1-5H3,(H,25,27,28). The van der Waals surface area contributed by atoms with Gasteiger partial charge in [0, 0.05) is 10.5 Å². The van der Waals surface area contributed by atoms with E-state index in [0.717, 1.165) is 44.2 Å². The van der Waals surface area contributed by atoms with Crippen LogP contribution in [0.5, 0.6) is 0 Å². The maximum absolute atomic E-state index is 12.8. The van der Waals surface area contributed by atoms with Gasteiger partial charge in [-0.1, -0.05) is 60.5 Å². The summed E-state index contributed by atoms with van der Waals surface area (Å²) in [5.41, 5.74) is 5.75. The number of nitrogens with one attached hydrogen (secondary N) is 1. The average Bonchev–Trinajstić information content (AvgIpc) is 2.60. The van der Waals surface area contributed by atoms with E-state index >= 15 is 0 Å². The molecule has 5 heteroatoms. The smallest absolute Gasteiger partial charge is 0.283 e. The number of aromatic nitrogens is 2. The third kappa shape index (κ3) is 5.10. The molecule has 3 aromatic rings. The molecule has 0 spiro atoms. The monoisotopic (exact) mass is 408 g/mol. The van der Waals surface area contributed by atoms with Crippen LogP contribution in [0, 0.1) is 27.7 Å². The van der Waals surface area contributed by atoms with Gasteiger partial charge >= 0.3 is 5.69 Å². The van der Waals surface area contributed by atoms with Gasteiger partial charge in [0.25, 0.3) is 5.56 Å². The quantitative estimate of drug-likeness (QED) is 0.589. The van der Waals surface area contributed by atoms with E-state index in [9.17, 15) is 9.59 Å². The Morgan fingerprint density at radius 1 is 0.862 bits per heavy atom. The molecule has 0 unspecified atom stereocenters. The lowest BCUT2D eigenvalue weighted by Gasteiger charge is -2.17. The number of rotatable bonds is 6. The SMILES string of the molecule is CCCc1c(Sc2cc(C)cc(C)c2)n(Cc2cc(C)cc(C)c2)c(=O)[nH]c1=O.